The average Bonchev–Trinajstić information content (AvgIpc) is 2.93. The molecule has 5 rings (SSSR count). The van der Waals surface area contributed by atoms with E-state index in [1.807, 2.05) is 54.6 Å². The lowest BCUT2D eigenvalue weighted by molar-refractivity contribution is -0.189. The van der Waals surface area contributed by atoms with Crippen molar-refractivity contribution in [3.63, 3.8) is 0 Å². The number of fused-ring (bicyclic) bond motifs is 1. The summed E-state index contributed by atoms with van der Waals surface area (Å²) in [5.41, 5.74) is 11.9. The number of nitrogens with two attached hydrogens (primary N) is 1. The topological polar surface area (TPSA) is 78.1 Å². The van der Waals surface area contributed by atoms with E-state index in [9.17, 15) is 18.0 Å². The van der Waals surface area contributed by atoms with E-state index in [2.05, 4.69) is 11.1 Å². The molecule has 0 unspecified atom stereocenters. The summed E-state index contributed by atoms with van der Waals surface area (Å²) in [4.78, 5) is 20.9. The number of allylic oxidation sites excluding steroid dienone is 2. The molecular formula is C29H24F3N3O2. The Kier molecular flexibility index (Phi) is 6.76. The molecule has 0 aliphatic heterocycles. The SMILES string of the molecule is NCc1ccc(-c2nc3c(C4=CCCCC4)cnc(OC(=O)C(F)(F)F)c3cc2-c2ccccc2)cc1. The summed E-state index contributed by atoms with van der Waals surface area (Å²) in [7, 11) is 0. The van der Waals surface area contributed by atoms with Crippen LogP contribution in [0.2, 0.25) is 0 Å². The molecule has 8 heteroatoms. The zero-order valence-electron chi connectivity index (χ0n) is 19.9. The Bertz CT molecular complexity index is 1480. The van der Waals surface area contributed by atoms with Crippen LogP contribution in [0.25, 0.3) is 38.9 Å². The molecule has 0 saturated carbocycles. The third kappa shape index (κ3) is 5.11. The standard InChI is InChI=1S/C29H24F3N3O2/c30-29(31,32)28(36)37-27-23-15-22(19-7-3-1-4-8-19)25(21-13-11-18(16-33)12-14-21)35-26(23)24(17-34-27)20-9-5-2-6-10-20/h1,3-4,7-9,11-15,17H,2,5-6,10,16,33H2. The van der Waals surface area contributed by atoms with Crippen LogP contribution >= 0.6 is 0 Å². The van der Waals surface area contributed by atoms with Crippen LogP contribution in [0.1, 0.15) is 36.8 Å². The van der Waals surface area contributed by atoms with Crippen molar-refractivity contribution in [2.75, 3.05) is 0 Å². The predicted molar refractivity (Wildman–Crippen MR) is 136 cm³/mol. The number of carbonyl (C=O) groups is 1. The van der Waals surface area contributed by atoms with Gasteiger partial charge in [0.25, 0.3) is 0 Å². The number of ether oxygens (including phenoxy) is 1. The van der Waals surface area contributed by atoms with E-state index in [1.165, 1.54) is 6.20 Å². The van der Waals surface area contributed by atoms with Crippen LogP contribution in [0.5, 0.6) is 5.88 Å². The zero-order valence-corrected chi connectivity index (χ0v) is 19.9. The molecule has 0 spiro atoms. The number of carbonyl (C=O) groups excluding carboxylic acids is 1. The Morgan fingerprint density at radius 3 is 2.38 bits per heavy atom. The van der Waals surface area contributed by atoms with Crippen LogP contribution in [0.15, 0.2) is 72.9 Å². The number of hydrogen-bond donors (Lipinski definition) is 1. The van der Waals surface area contributed by atoms with Gasteiger partial charge >= 0.3 is 12.1 Å². The lowest BCUT2D eigenvalue weighted by Crippen LogP contribution is -2.28. The lowest BCUT2D eigenvalue weighted by Gasteiger charge is -2.18. The molecule has 4 aromatic rings. The van der Waals surface area contributed by atoms with E-state index in [1.54, 1.807) is 6.07 Å². The first kappa shape index (κ1) is 24.6. The first-order chi connectivity index (χ1) is 17.8. The largest absolute Gasteiger partial charge is 0.491 e. The minimum Gasteiger partial charge on any atom is -0.400 e. The van der Waals surface area contributed by atoms with Crippen LogP contribution in [0.4, 0.5) is 13.2 Å². The fourth-order valence-corrected chi connectivity index (χ4v) is 4.54. The summed E-state index contributed by atoms with van der Waals surface area (Å²) in [6, 6.07) is 18.8. The third-order valence-electron chi connectivity index (χ3n) is 6.42. The first-order valence-electron chi connectivity index (χ1n) is 12.0. The maximum atomic E-state index is 13.1. The summed E-state index contributed by atoms with van der Waals surface area (Å²) in [6.45, 7) is 0.398. The second-order valence-electron chi connectivity index (χ2n) is 8.89. The van der Waals surface area contributed by atoms with Gasteiger partial charge in [-0.3, -0.25) is 0 Å². The number of benzene rings is 2. The van der Waals surface area contributed by atoms with Crippen molar-refractivity contribution in [3.8, 4) is 28.3 Å². The Balaban J connectivity index is 1.80. The minimum atomic E-state index is -5.15. The van der Waals surface area contributed by atoms with E-state index in [4.69, 9.17) is 15.5 Å². The molecule has 1 aliphatic rings. The van der Waals surface area contributed by atoms with Crippen LogP contribution in [0.3, 0.4) is 0 Å². The monoisotopic (exact) mass is 503 g/mol. The average molecular weight is 504 g/mol. The van der Waals surface area contributed by atoms with Gasteiger partial charge in [-0.1, -0.05) is 60.7 Å². The second-order valence-corrected chi connectivity index (χ2v) is 8.89. The molecule has 2 aromatic heterocycles. The second kappa shape index (κ2) is 10.1. The molecule has 2 heterocycles. The van der Waals surface area contributed by atoms with E-state index in [0.717, 1.165) is 53.5 Å². The van der Waals surface area contributed by atoms with Crippen molar-refractivity contribution in [1.82, 2.24) is 9.97 Å². The van der Waals surface area contributed by atoms with Crippen molar-refractivity contribution in [2.45, 2.75) is 38.4 Å². The van der Waals surface area contributed by atoms with Gasteiger partial charge in [-0.05, 0) is 48.4 Å². The fourth-order valence-electron chi connectivity index (χ4n) is 4.54. The van der Waals surface area contributed by atoms with Crippen molar-refractivity contribution in [2.24, 2.45) is 5.73 Å². The normalized spacial score (nSPS) is 13.9. The molecule has 2 aromatic carbocycles. The van der Waals surface area contributed by atoms with Crippen LogP contribution in [0, 0.1) is 0 Å². The summed E-state index contributed by atoms with van der Waals surface area (Å²) in [6.07, 6.45) is 2.18. The van der Waals surface area contributed by atoms with Gasteiger partial charge in [-0.15, -0.1) is 0 Å². The molecule has 0 saturated heterocycles. The van der Waals surface area contributed by atoms with E-state index in [0.29, 0.717) is 23.3 Å². The number of pyridine rings is 2. The number of hydrogen-bond acceptors (Lipinski definition) is 5. The molecule has 0 radical (unpaired) electrons. The maximum absolute atomic E-state index is 13.1. The lowest BCUT2D eigenvalue weighted by atomic mass is 9.92. The van der Waals surface area contributed by atoms with Gasteiger partial charge in [-0.2, -0.15) is 13.2 Å². The number of alkyl halides is 3. The van der Waals surface area contributed by atoms with Gasteiger partial charge < -0.3 is 10.5 Å². The summed E-state index contributed by atoms with van der Waals surface area (Å²) in [5, 5.41) is 0.239. The molecule has 0 bridgehead atoms. The molecule has 1 aliphatic carbocycles. The van der Waals surface area contributed by atoms with E-state index < -0.39 is 18.0 Å². The van der Waals surface area contributed by atoms with Crippen LogP contribution in [-0.2, 0) is 11.3 Å². The summed E-state index contributed by atoms with van der Waals surface area (Å²) in [5.74, 6) is -2.75. The zero-order chi connectivity index (χ0) is 26.0. The van der Waals surface area contributed by atoms with Gasteiger partial charge in [0.2, 0.25) is 5.88 Å². The predicted octanol–water partition coefficient (Wildman–Crippen LogP) is 6.85. The van der Waals surface area contributed by atoms with Gasteiger partial charge in [0.05, 0.1) is 16.6 Å². The Morgan fingerprint density at radius 1 is 0.973 bits per heavy atom. The van der Waals surface area contributed by atoms with Crippen LogP contribution < -0.4 is 10.5 Å². The number of aromatic nitrogens is 2. The van der Waals surface area contributed by atoms with Gasteiger partial charge in [0.1, 0.15) is 0 Å². The Morgan fingerprint density at radius 2 is 1.73 bits per heavy atom. The number of nitrogens with zero attached hydrogens (tertiary/aromatic N) is 2. The minimum absolute atomic E-state index is 0.239. The van der Waals surface area contributed by atoms with Gasteiger partial charge in [-0.25, -0.2) is 14.8 Å². The number of esters is 1. The van der Waals surface area contributed by atoms with Gasteiger partial charge in [0, 0.05) is 29.4 Å². The quantitative estimate of drug-likeness (QED) is 0.302. The van der Waals surface area contributed by atoms with Crippen molar-refractivity contribution < 1.29 is 22.7 Å². The molecule has 188 valence electrons. The third-order valence-corrected chi connectivity index (χ3v) is 6.42. The molecular weight excluding hydrogens is 479 g/mol. The summed E-state index contributed by atoms with van der Waals surface area (Å²) < 4.78 is 43.9. The highest BCUT2D eigenvalue weighted by molar-refractivity contribution is 6.00. The molecule has 0 atom stereocenters. The Labute approximate surface area is 211 Å². The van der Waals surface area contributed by atoms with Crippen molar-refractivity contribution >= 4 is 22.4 Å². The fraction of sp³-hybridized carbons (Fsp3) is 0.207. The highest BCUT2D eigenvalue weighted by atomic mass is 19.4. The number of rotatable bonds is 5. The summed E-state index contributed by atoms with van der Waals surface area (Å²) >= 11 is 0. The highest BCUT2D eigenvalue weighted by Gasteiger charge is 2.42. The molecule has 0 fully saturated rings. The molecule has 5 nitrogen and oxygen atoms in total. The molecule has 37 heavy (non-hydrogen) atoms. The van der Waals surface area contributed by atoms with Gasteiger partial charge in [0.15, 0.2) is 0 Å². The van der Waals surface area contributed by atoms with Crippen molar-refractivity contribution in [1.29, 1.82) is 0 Å². The van der Waals surface area contributed by atoms with Crippen molar-refractivity contribution in [3.05, 3.63) is 84.1 Å². The smallest absolute Gasteiger partial charge is 0.400 e. The highest BCUT2D eigenvalue weighted by Crippen LogP contribution is 2.40. The molecule has 2 N–H and O–H groups in total. The van der Waals surface area contributed by atoms with E-state index >= 15 is 0 Å². The van der Waals surface area contributed by atoms with E-state index in [-0.39, 0.29) is 5.39 Å². The molecule has 0 amide bonds. The first-order valence-corrected chi connectivity index (χ1v) is 12.0. The van der Waals surface area contributed by atoms with Crippen LogP contribution in [-0.4, -0.2) is 22.1 Å². The number of halogens is 3. The Hall–Kier alpha value is -4.04. The maximum Gasteiger partial charge on any atom is 0.491 e.